The van der Waals surface area contributed by atoms with Crippen molar-refractivity contribution < 1.29 is 28.6 Å². The lowest BCUT2D eigenvalue weighted by atomic mass is 10.0. The lowest BCUT2D eigenvalue weighted by molar-refractivity contribution is -0.167. The van der Waals surface area contributed by atoms with Crippen LogP contribution in [0.25, 0.3) is 0 Å². The molecule has 0 aliphatic heterocycles. The minimum atomic E-state index is -0.761. The number of carbonyl (C=O) groups excluding carboxylic acids is 3. The minimum Gasteiger partial charge on any atom is -0.462 e. The maximum Gasteiger partial charge on any atom is 0.306 e. The van der Waals surface area contributed by atoms with E-state index in [9.17, 15) is 14.4 Å². The van der Waals surface area contributed by atoms with Crippen molar-refractivity contribution in [3.05, 3.63) is 0 Å². The zero-order valence-corrected chi connectivity index (χ0v) is 41.8. The fourth-order valence-corrected chi connectivity index (χ4v) is 8.34. The molecule has 6 heteroatoms. The molecule has 0 saturated heterocycles. The molecule has 0 saturated carbocycles. The van der Waals surface area contributed by atoms with E-state index in [0.29, 0.717) is 19.3 Å². The molecule has 0 bridgehead atoms. The zero-order chi connectivity index (χ0) is 44.7. The predicted molar refractivity (Wildman–Crippen MR) is 261 cm³/mol. The van der Waals surface area contributed by atoms with Gasteiger partial charge in [-0.25, -0.2) is 0 Å². The van der Waals surface area contributed by atoms with Crippen LogP contribution in [0.1, 0.15) is 304 Å². The van der Waals surface area contributed by atoms with Gasteiger partial charge in [-0.15, -0.1) is 0 Å². The molecule has 362 valence electrons. The summed E-state index contributed by atoms with van der Waals surface area (Å²) in [6.07, 6.45) is 49.4. The normalized spacial score (nSPS) is 12.0. The molecule has 0 aromatic carbocycles. The van der Waals surface area contributed by atoms with E-state index in [1.165, 1.54) is 193 Å². The Bertz CT molecular complexity index is 931. The quantitative estimate of drug-likeness (QED) is 0.0344. The summed E-state index contributed by atoms with van der Waals surface area (Å²) in [4.78, 5) is 38.0. The molecule has 0 aromatic rings. The van der Waals surface area contributed by atoms with E-state index in [1.807, 2.05) is 0 Å². The minimum absolute atomic E-state index is 0.0632. The summed E-state index contributed by atoms with van der Waals surface area (Å²) in [5, 5.41) is 0. The van der Waals surface area contributed by atoms with Gasteiger partial charge in [0, 0.05) is 19.3 Å². The first-order valence-corrected chi connectivity index (χ1v) is 27.2. The number of unbranched alkanes of at least 4 members (excludes halogenated alkanes) is 34. The highest BCUT2D eigenvalue weighted by molar-refractivity contribution is 5.71. The maximum absolute atomic E-state index is 12.8. The molecule has 0 aromatic heterocycles. The van der Waals surface area contributed by atoms with Crippen LogP contribution in [-0.2, 0) is 28.6 Å². The van der Waals surface area contributed by atoms with Crippen LogP contribution >= 0.6 is 0 Å². The van der Waals surface area contributed by atoms with Crippen molar-refractivity contribution in [1.29, 1.82) is 0 Å². The summed E-state index contributed by atoms with van der Waals surface area (Å²) < 4.78 is 16.8. The van der Waals surface area contributed by atoms with Crippen LogP contribution < -0.4 is 0 Å². The second kappa shape index (κ2) is 47.9. The van der Waals surface area contributed by atoms with Crippen LogP contribution in [0.5, 0.6) is 0 Å². The van der Waals surface area contributed by atoms with Crippen molar-refractivity contribution in [2.24, 2.45) is 11.8 Å². The first kappa shape index (κ1) is 59.4. The molecule has 0 heterocycles. The topological polar surface area (TPSA) is 78.9 Å². The van der Waals surface area contributed by atoms with E-state index in [2.05, 4.69) is 34.6 Å². The van der Waals surface area contributed by atoms with Crippen LogP contribution in [0.4, 0.5) is 0 Å². The molecule has 0 spiro atoms. The Morgan fingerprint density at radius 3 is 0.803 bits per heavy atom. The Hall–Kier alpha value is -1.59. The number of hydrogen-bond acceptors (Lipinski definition) is 6. The zero-order valence-electron chi connectivity index (χ0n) is 41.8. The largest absolute Gasteiger partial charge is 0.462 e. The molecule has 0 amide bonds. The Kier molecular flexibility index (Phi) is 46.6. The molecule has 0 aliphatic carbocycles. The van der Waals surface area contributed by atoms with E-state index in [4.69, 9.17) is 14.2 Å². The van der Waals surface area contributed by atoms with E-state index < -0.39 is 6.10 Å². The average molecular weight is 863 g/mol. The molecular formula is C55H106O6. The van der Waals surface area contributed by atoms with Gasteiger partial charge in [0.25, 0.3) is 0 Å². The van der Waals surface area contributed by atoms with Crippen molar-refractivity contribution in [2.45, 2.75) is 310 Å². The Balaban J connectivity index is 4.29. The van der Waals surface area contributed by atoms with Crippen LogP contribution in [0.3, 0.4) is 0 Å². The van der Waals surface area contributed by atoms with Gasteiger partial charge in [-0.05, 0) is 31.1 Å². The molecule has 6 nitrogen and oxygen atoms in total. The summed E-state index contributed by atoms with van der Waals surface area (Å²) in [5.41, 5.74) is 0. The molecule has 0 aliphatic rings. The van der Waals surface area contributed by atoms with E-state index in [-0.39, 0.29) is 31.1 Å². The summed E-state index contributed by atoms with van der Waals surface area (Å²) in [7, 11) is 0. The first-order valence-electron chi connectivity index (χ1n) is 27.2. The Morgan fingerprint density at radius 1 is 0.311 bits per heavy atom. The third kappa shape index (κ3) is 49.3. The smallest absolute Gasteiger partial charge is 0.306 e. The van der Waals surface area contributed by atoms with Crippen molar-refractivity contribution in [3.8, 4) is 0 Å². The summed E-state index contributed by atoms with van der Waals surface area (Å²) in [6, 6.07) is 0. The standard InChI is InChI=1S/C55H106O6/c1-6-7-8-9-10-11-18-25-30-35-40-45-53(56)59-48-52(49-60-54(57)46-41-36-31-26-21-17-16-20-24-29-34-39-44-51(4)5)61-55(58)47-42-37-32-27-22-15-13-12-14-19-23-28-33-38-43-50(2)3/h50-52H,6-49H2,1-5H3/t52-/m1/s1. The summed E-state index contributed by atoms with van der Waals surface area (Å²) in [5.74, 6) is 0.833. The molecule has 61 heavy (non-hydrogen) atoms. The third-order valence-electron chi connectivity index (χ3n) is 12.5. The van der Waals surface area contributed by atoms with Crippen molar-refractivity contribution >= 4 is 17.9 Å². The number of hydrogen-bond donors (Lipinski definition) is 0. The highest BCUT2D eigenvalue weighted by Gasteiger charge is 2.19. The second-order valence-electron chi connectivity index (χ2n) is 19.8. The van der Waals surface area contributed by atoms with Gasteiger partial charge in [0.1, 0.15) is 13.2 Å². The van der Waals surface area contributed by atoms with Gasteiger partial charge >= 0.3 is 17.9 Å². The molecule has 0 unspecified atom stereocenters. The van der Waals surface area contributed by atoms with Gasteiger partial charge in [-0.2, -0.15) is 0 Å². The number of ether oxygens (including phenoxy) is 3. The van der Waals surface area contributed by atoms with E-state index in [0.717, 1.165) is 69.6 Å². The lowest BCUT2D eigenvalue weighted by Crippen LogP contribution is -2.30. The Morgan fingerprint density at radius 2 is 0.541 bits per heavy atom. The number of esters is 3. The molecular weight excluding hydrogens is 757 g/mol. The van der Waals surface area contributed by atoms with E-state index >= 15 is 0 Å². The lowest BCUT2D eigenvalue weighted by Gasteiger charge is -2.18. The fourth-order valence-electron chi connectivity index (χ4n) is 8.34. The van der Waals surface area contributed by atoms with Crippen LogP contribution in [-0.4, -0.2) is 37.2 Å². The highest BCUT2D eigenvalue weighted by Crippen LogP contribution is 2.18. The first-order chi connectivity index (χ1) is 29.7. The SMILES string of the molecule is CCCCCCCCCCCCCC(=O)OC[C@H](COC(=O)CCCCCCCCCCCCCCC(C)C)OC(=O)CCCCCCCCCCCCCCCCC(C)C. The summed E-state index contributed by atoms with van der Waals surface area (Å²) in [6.45, 7) is 11.4. The van der Waals surface area contributed by atoms with Gasteiger partial charge in [0.15, 0.2) is 6.10 Å². The molecule has 0 radical (unpaired) electrons. The number of carbonyl (C=O) groups is 3. The molecule has 1 atom stereocenters. The maximum atomic E-state index is 12.8. The van der Waals surface area contributed by atoms with Gasteiger partial charge in [-0.3, -0.25) is 14.4 Å². The average Bonchev–Trinajstić information content (AvgIpc) is 3.23. The fraction of sp³-hybridized carbons (Fsp3) is 0.945. The van der Waals surface area contributed by atoms with Crippen molar-refractivity contribution in [3.63, 3.8) is 0 Å². The Labute approximate surface area is 380 Å². The van der Waals surface area contributed by atoms with Crippen LogP contribution in [0.15, 0.2) is 0 Å². The van der Waals surface area contributed by atoms with Gasteiger partial charge < -0.3 is 14.2 Å². The monoisotopic (exact) mass is 863 g/mol. The van der Waals surface area contributed by atoms with Gasteiger partial charge in [-0.1, -0.05) is 266 Å². The van der Waals surface area contributed by atoms with Crippen molar-refractivity contribution in [1.82, 2.24) is 0 Å². The highest BCUT2D eigenvalue weighted by atomic mass is 16.6. The molecule has 0 rings (SSSR count). The predicted octanol–water partition coefficient (Wildman–Crippen LogP) is 17.7. The van der Waals surface area contributed by atoms with E-state index in [1.54, 1.807) is 0 Å². The van der Waals surface area contributed by atoms with Gasteiger partial charge in [0.2, 0.25) is 0 Å². The van der Waals surface area contributed by atoms with Crippen LogP contribution in [0.2, 0.25) is 0 Å². The second-order valence-corrected chi connectivity index (χ2v) is 19.8. The third-order valence-corrected chi connectivity index (χ3v) is 12.5. The van der Waals surface area contributed by atoms with Crippen molar-refractivity contribution in [2.75, 3.05) is 13.2 Å². The molecule has 0 N–H and O–H groups in total. The van der Waals surface area contributed by atoms with Gasteiger partial charge in [0.05, 0.1) is 0 Å². The number of rotatable bonds is 49. The molecule has 0 fully saturated rings. The van der Waals surface area contributed by atoms with Crippen LogP contribution in [0, 0.1) is 11.8 Å². The summed E-state index contributed by atoms with van der Waals surface area (Å²) >= 11 is 0.